The number of nitro groups is 1. The Morgan fingerprint density at radius 3 is 2.78 bits per heavy atom. The van der Waals surface area contributed by atoms with Crippen molar-refractivity contribution in [1.82, 2.24) is 24.3 Å². The topological polar surface area (TPSA) is 91.7 Å². The number of hydrogen-bond acceptors (Lipinski definition) is 6. The SMILES string of the molecule is CSc1nnc(Cn2c([N+](=O)[O-])cnc2C)n1C. The van der Waals surface area contributed by atoms with Gasteiger partial charge in [-0.25, -0.2) is 9.55 Å². The Balaban J connectivity index is 2.36. The van der Waals surface area contributed by atoms with Crippen LogP contribution in [0.3, 0.4) is 0 Å². The maximum absolute atomic E-state index is 10.9. The summed E-state index contributed by atoms with van der Waals surface area (Å²) >= 11 is 1.47. The van der Waals surface area contributed by atoms with Crippen LogP contribution in [-0.2, 0) is 13.6 Å². The van der Waals surface area contributed by atoms with Crippen LogP contribution >= 0.6 is 11.8 Å². The molecule has 2 rings (SSSR count). The predicted molar refractivity (Wildman–Crippen MR) is 65.5 cm³/mol. The average molecular weight is 268 g/mol. The van der Waals surface area contributed by atoms with Gasteiger partial charge in [0.2, 0.25) is 0 Å². The van der Waals surface area contributed by atoms with Crippen molar-refractivity contribution >= 4 is 17.6 Å². The fourth-order valence-corrected chi connectivity index (χ4v) is 2.10. The van der Waals surface area contributed by atoms with Crippen LogP contribution in [0.2, 0.25) is 0 Å². The van der Waals surface area contributed by atoms with Gasteiger partial charge in [0.25, 0.3) is 0 Å². The zero-order valence-corrected chi connectivity index (χ0v) is 11.0. The number of thioether (sulfide) groups is 1. The molecule has 2 heterocycles. The highest BCUT2D eigenvalue weighted by Gasteiger charge is 2.20. The summed E-state index contributed by atoms with van der Waals surface area (Å²) in [6, 6.07) is 0. The van der Waals surface area contributed by atoms with Gasteiger partial charge in [-0.3, -0.25) is 0 Å². The highest BCUT2D eigenvalue weighted by Crippen LogP contribution is 2.17. The van der Waals surface area contributed by atoms with E-state index in [-0.39, 0.29) is 12.4 Å². The van der Waals surface area contributed by atoms with Crippen molar-refractivity contribution in [2.45, 2.75) is 18.6 Å². The van der Waals surface area contributed by atoms with Crippen molar-refractivity contribution in [2.24, 2.45) is 7.05 Å². The number of nitrogens with zero attached hydrogens (tertiary/aromatic N) is 6. The number of imidazole rings is 1. The molecule has 96 valence electrons. The van der Waals surface area contributed by atoms with Crippen LogP contribution < -0.4 is 0 Å². The molecule has 0 radical (unpaired) electrons. The molecular formula is C9H12N6O2S. The molecule has 9 heteroatoms. The summed E-state index contributed by atoms with van der Waals surface area (Å²) in [6.45, 7) is 2.01. The second kappa shape index (κ2) is 4.77. The lowest BCUT2D eigenvalue weighted by molar-refractivity contribution is -0.392. The van der Waals surface area contributed by atoms with Gasteiger partial charge >= 0.3 is 5.82 Å². The van der Waals surface area contributed by atoms with Crippen molar-refractivity contribution in [3.63, 3.8) is 0 Å². The van der Waals surface area contributed by atoms with Crippen molar-refractivity contribution in [3.05, 3.63) is 28.0 Å². The number of aromatic nitrogens is 5. The third kappa shape index (κ3) is 2.08. The number of aryl methyl sites for hydroxylation is 1. The third-order valence-electron chi connectivity index (χ3n) is 2.63. The molecule has 2 aromatic heterocycles. The lowest BCUT2D eigenvalue weighted by Crippen LogP contribution is -2.10. The molecule has 0 aliphatic carbocycles. The molecule has 0 fully saturated rings. The van der Waals surface area contributed by atoms with E-state index in [2.05, 4.69) is 15.2 Å². The van der Waals surface area contributed by atoms with Gasteiger partial charge < -0.3 is 14.7 Å². The van der Waals surface area contributed by atoms with Gasteiger partial charge in [0.15, 0.2) is 23.4 Å². The summed E-state index contributed by atoms with van der Waals surface area (Å²) < 4.78 is 3.32. The molecule has 0 spiro atoms. The standard InChI is InChI=1S/C9H12N6O2S/c1-6-10-4-8(15(16)17)14(6)5-7-11-12-9(18-3)13(7)2/h4H,5H2,1-3H3. The van der Waals surface area contributed by atoms with Crippen LogP contribution in [0.4, 0.5) is 5.82 Å². The summed E-state index contributed by atoms with van der Waals surface area (Å²) in [6.07, 6.45) is 3.15. The first-order chi connectivity index (χ1) is 8.54. The van der Waals surface area contributed by atoms with E-state index in [4.69, 9.17) is 0 Å². The first-order valence-corrected chi connectivity index (χ1v) is 6.35. The van der Waals surface area contributed by atoms with Crippen LogP contribution in [0, 0.1) is 17.0 Å². The number of hydrogen-bond donors (Lipinski definition) is 0. The Morgan fingerprint density at radius 2 is 2.22 bits per heavy atom. The van der Waals surface area contributed by atoms with Crippen LogP contribution in [0.5, 0.6) is 0 Å². The van der Waals surface area contributed by atoms with E-state index < -0.39 is 4.92 Å². The molecule has 0 saturated heterocycles. The monoisotopic (exact) mass is 268 g/mol. The summed E-state index contributed by atoms with van der Waals surface area (Å²) in [5.74, 6) is 1.19. The molecule has 0 amide bonds. The van der Waals surface area contributed by atoms with Gasteiger partial charge in [-0.1, -0.05) is 11.8 Å². The third-order valence-corrected chi connectivity index (χ3v) is 3.35. The maximum atomic E-state index is 10.9. The van der Waals surface area contributed by atoms with Gasteiger partial charge in [0.05, 0.1) is 0 Å². The fraction of sp³-hybridized carbons (Fsp3) is 0.444. The number of rotatable bonds is 4. The van der Waals surface area contributed by atoms with Crippen LogP contribution in [0.1, 0.15) is 11.6 Å². The summed E-state index contributed by atoms with van der Waals surface area (Å²) in [5, 5.41) is 19.7. The minimum absolute atomic E-state index is 0.0406. The van der Waals surface area contributed by atoms with Gasteiger partial charge in [0.1, 0.15) is 6.20 Å². The average Bonchev–Trinajstić information content (AvgIpc) is 2.85. The summed E-state index contributed by atoms with van der Waals surface area (Å²) in [4.78, 5) is 14.4. The molecule has 0 N–H and O–H groups in total. The Bertz CT molecular complexity index is 590. The normalized spacial score (nSPS) is 10.8. The van der Waals surface area contributed by atoms with E-state index in [1.165, 1.54) is 22.5 Å². The second-order valence-corrected chi connectivity index (χ2v) is 4.44. The predicted octanol–water partition coefficient (Wildman–Crippen LogP) is 0.998. The van der Waals surface area contributed by atoms with Gasteiger partial charge in [-0.2, -0.15) is 0 Å². The largest absolute Gasteiger partial charge is 0.358 e. The zero-order chi connectivity index (χ0) is 13.3. The quantitative estimate of drug-likeness (QED) is 0.466. The lowest BCUT2D eigenvalue weighted by Gasteiger charge is -2.03. The van der Waals surface area contributed by atoms with E-state index in [0.29, 0.717) is 11.6 Å². The lowest BCUT2D eigenvalue weighted by atomic mass is 10.5. The first-order valence-electron chi connectivity index (χ1n) is 5.13. The molecule has 18 heavy (non-hydrogen) atoms. The highest BCUT2D eigenvalue weighted by molar-refractivity contribution is 7.98. The minimum atomic E-state index is -0.453. The summed E-state index contributed by atoms with van der Waals surface area (Å²) in [7, 11) is 1.83. The molecule has 0 unspecified atom stereocenters. The summed E-state index contributed by atoms with van der Waals surface area (Å²) in [5.41, 5.74) is 0. The van der Waals surface area contributed by atoms with E-state index in [1.54, 1.807) is 6.92 Å². The molecular weight excluding hydrogens is 256 g/mol. The van der Waals surface area contributed by atoms with E-state index >= 15 is 0 Å². The highest BCUT2D eigenvalue weighted by atomic mass is 32.2. The molecule has 8 nitrogen and oxygen atoms in total. The van der Waals surface area contributed by atoms with Crippen LogP contribution in [-0.4, -0.2) is 35.5 Å². The Labute approximate surface area is 107 Å². The van der Waals surface area contributed by atoms with Gasteiger partial charge in [-0.15, -0.1) is 10.2 Å². The van der Waals surface area contributed by atoms with Crippen LogP contribution in [0.15, 0.2) is 11.4 Å². The van der Waals surface area contributed by atoms with Crippen molar-refractivity contribution in [2.75, 3.05) is 6.26 Å². The van der Waals surface area contributed by atoms with Crippen molar-refractivity contribution < 1.29 is 4.92 Å². The molecule has 0 saturated carbocycles. The molecule has 0 atom stereocenters. The fourth-order valence-electron chi connectivity index (χ4n) is 1.60. The minimum Gasteiger partial charge on any atom is -0.358 e. The Morgan fingerprint density at radius 1 is 1.50 bits per heavy atom. The molecule has 0 aliphatic heterocycles. The van der Waals surface area contributed by atoms with Crippen molar-refractivity contribution in [3.8, 4) is 0 Å². The van der Waals surface area contributed by atoms with E-state index in [9.17, 15) is 10.1 Å². The maximum Gasteiger partial charge on any atom is 0.343 e. The molecule has 0 aliphatic rings. The molecule has 0 aromatic carbocycles. The zero-order valence-electron chi connectivity index (χ0n) is 10.2. The van der Waals surface area contributed by atoms with Crippen molar-refractivity contribution in [1.29, 1.82) is 0 Å². The first kappa shape index (κ1) is 12.6. The Kier molecular flexibility index (Phi) is 3.32. The smallest absolute Gasteiger partial charge is 0.343 e. The molecule has 2 aromatic rings. The van der Waals surface area contributed by atoms with E-state index in [1.807, 2.05) is 17.9 Å². The van der Waals surface area contributed by atoms with E-state index in [0.717, 1.165) is 5.16 Å². The van der Waals surface area contributed by atoms with Gasteiger partial charge in [0, 0.05) is 14.0 Å². The Hall–Kier alpha value is -1.90. The second-order valence-electron chi connectivity index (χ2n) is 3.67. The molecule has 0 bridgehead atoms. The van der Waals surface area contributed by atoms with Crippen LogP contribution in [0.25, 0.3) is 0 Å². The van der Waals surface area contributed by atoms with Gasteiger partial charge in [-0.05, 0) is 11.2 Å².